The van der Waals surface area contributed by atoms with E-state index in [0.29, 0.717) is 18.0 Å². The molecule has 1 aromatic rings. The topological polar surface area (TPSA) is 67.4 Å². The van der Waals surface area contributed by atoms with Crippen molar-refractivity contribution in [3.8, 4) is 5.75 Å². The maximum atomic E-state index is 11.7. The molecule has 0 spiro atoms. The van der Waals surface area contributed by atoms with Crippen LogP contribution in [0, 0.1) is 0 Å². The quantitative estimate of drug-likeness (QED) is 0.717. The average molecular weight is 258 g/mol. The van der Waals surface area contributed by atoms with Crippen molar-refractivity contribution >= 4 is 15.7 Å². The monoisotopic (exact) mass is 258 g/mol. The molecule has 0 bridgehead atoms. The second-order valence-electron chi connectivity index (χ2n) is 3.47. The van der Waals surface area contributed by atoms with Crippen LogP contribution in [-0.2, 0) is 10.0 Å². The van der Waals surface area contributed by atoms with E-state index in [2.05, 4.69) is 10.0 Å². The van der Waals surface area contributed by atoms with Crippen LogP contribution >= 0.6 is 0 Å². The largest absolute Gasteiger partial charge is 0.495 e. The minimum Gasteiger partial charge on any atom is -0.495 e. The summed E-state index contributed by atoms with van der Waals surface area (Å²) in [5, 5.41) is 2.97. The van der Waals surface area contributed by atoms with Gasteiger partial charge < -0.3 is 10.1 Å². The molecule has 0 heterocycles. The molecule has 0 aliphatic heterocycles. The first kappa shape index (κ1) is 13.8. The van der Waals surface area contributed by atoms with Crippen molar-refractivity contribution in [2.45, 2.75) is 6.92 Å². The molecule has 0 amide bonds. The summed E-state index contributed by atoms with van der Waals surface area (Å²) in [6, 6.07) is 6.92. The molecule has 0 fully saturated rings. The number of nitrogens with one attached hydrogen (secondary N) is 2. The molecule has 0 aliphatic rings. The lowest BCUT2D eigenvalue weighted by Crippen LogP contribution is -2.26. The third-order valence-electron chi connectivity index (χ3n) is 2.17. The zero-order valence-electron chi connectivity index (χ0n) is 10.1. The Morgan fingerprint density at radius 1 is 1.29 bits per heavy atom. The van der Waals surface area contributed by atoms with Crippen molar-refractivity contribution in [3.05, 3.63) is 24.3 Å². The first-order valence-corrected chi connectivity index (χ1v) is 7.08. The van der Waals surface area contributed by atoms with Gasteiger partial charge in [-0.25, -0.2) is 8.42 Å². The third kappa shape index (κ3) is 4.62. The molecular weight excluding hydrogens is 240 g/mol. The molecule has 0 aromatic heterocycles. The Morgan fingerprint density at radius 3 is 2.65 bits per heavy atom. The number of methoxy groups -OCH3 is 1. The maximum absolute atomic E-state index is 11.7. The molecule has 0 radical (unpaired) electrons. The number of sulfonamides is 1. The zero-order valence-corrected chi connectivity index (χ0v) is 10.9. The molecule has 0 unspecified atom stereocenters. The Hall–Kier alpha value is -1.27. The van der Waals surface area contributed by atoms with E-state index in [0.717, 1.165) is 6.54 Å². The van der Waals surface area contributed by atoms with Crippen molar-refractivity contribution in [2.24, 2.45) is 0 Å². The van der Waals surface area contributed by atoms with Crippen molar-refractivity contribution < 1.29 is 13.2 Å². The lowest BCUT2D eigenvalue weighted by Gasteiger charge is -2.11. The second kappa shape index (κ2) is 6.46. The van der Waals surface area contributed by atoms with Gasteiger partial charge in [-0.2, -0.15) is 0 Å². The Balaban J connectivity index is 2.69. The fourth-order valence-electron chi connectivity index (χ4n) is 1.33. The van der Waals surface area contributed by atoms with Gasteiger partial charge in [0.05, 0.1) is 18.6 Å². The number of hydrogen-bond acceptors (Lipinski definition) is 4. The summed E-state index contributed by atoms with van der Waals surface area (Å²) < 4.78 is 31.1. The van der Waals surface area contributed by atoms with Crippen molar-refractivity contribution in [1.29, 1.82) is 0 Å². The van der Waals surface area contributed by atoms with Crippen LogP contribution in [0.15, 0.2) is 24.3 Å². The van der Waals surface area contributed by atoms with Crippen molar-refractivity contribution in [2.75, 3.05) is 30.7 Å². The van der Waals surface area contributed by atoms with Crippen molar-refractivity contribution in [3.63, 3.8) is 0 Å². The number of ether oxygens (including phenoxy) is 1. The summed E-state index contributed by atoms with van der Waals surface area (Å²) in [5.41, 5.74) is 0.464. The highest BCUT2D eigenvalue weighted by Gasteiger charge is 2.12. The van der Waals surface area contributed by atoms with Crippen LogP contribution in [0.3, 0.4) is 0 Å². The Labute approximate surface area is 102 Å². The second-order valence-corrected chi connectivity index (χ2v) is 5.32. The van der Waals surface area contributed by atoms with E-state index in [4.69, 9.17) is 4.74 Å². The zero-order chi connectivity index (χ0) is 12.7. The molecular formula is C11H18N2O3S. The summed E-state index contributed by atoms with van der Waals surface area (Å²) in [4.78, 5) is 0. The van der Waals surface area contributed by atoms with E-state index in [1.165, 1.54) is 7.11 Å². The predicted molar refractivity (Wildman–Crippen MR) is 68.9 cm³/mol. The van der Waals surface area contributed by atoms with Gasteiger partial charge in [-0.15, -0.1) is 0 Å². The summed E-state index contributed by atoms with van der Waals surface area (Å²) in [5.74, 6) is 0.554. The van der Waals surface area contributed by atoms with Gasteiger partial charge in [0.15, 0.2) is 0 Å². The van der Waals surface area contributed by atoms with Gasteiger partial charge in [0.25, 0.3) is 0 Å². The molecule has 96 valence electrons. The van der Waals surface area contributed by atoms with Gasteiger partial charge in [-0.05, 0) is 18.7 Å². The normalized spacial score (nSPS) is 11.2. The van der Waals surface area contributed by atoms with Gasteiger partial charge in [-0.1, -0.05) is 19.1 Å². The van der Waals surface area contributed by atoms with Gasteiger partial charge in [0, 0.05) is 6.54 Å². The highest BCUT2D eigenvalue weighted by Crippen LogP contribution is 2.23. The van der Waals surface area contributed by atoms with Gasteiger partial charge in [-0.3, -0.25) is 4.72 Å². The summed E-state index contributed by atoms with van der Waals surface area (Å²) in [7, 11) is -1.83. The molecule has 1 rings (SSSR count). The number of para-hydroxylation sites is 2. The molecule has 0 saturated heterocycles. The fraction of sp³-hybridized carbons (Fsp3) is 0.455. The number of anilines is 1. The molecule has 1 aromatic carbocycles. The molecule has 0 aliphatic carbocycles. The Kier molecular flexibility index (Phi) is 5.24. The van der Waals surface area contributed by atoms with Crippen LogP contribution < -0.4 is 14.8 Å². The van der Waals surface area contributed by atoms with Crippen LogP contribution in [0.2, 0.25) is 0 Å². The number of hydrogen-bond donors (Lipinski definition) is 2. The van der Waals surface area contributed by atoms with E-state index in [-0.39, 0.29) is 5.75 Å². The van der Waals surface area contributed by atoms with E-state index in [1.807, 2.05) is 6.92 Å². The summed E-state index contributed by atoms with van der Waals surface area (Å²) >= 11 is 0. The van der Waals surface area contributed by atoms with Crippen LogP contribution in [0.4, 0.5) is 5.69 Å². The van der Waals surface area contributed by atoms with E-state index in [9.17, 15) is 8.42 Å². The van der Waals surface area contributed by atoms with E-state index >= 15 is 0 Å². The van der Waals surface area contributed by atoms with Crippen LogP contribution in [0.1, 0.15) is 6.92 Å². The minimum absolute atomic E-state index is 0.0406. The van der Waals surface area contributed by atoms with Crippen LogP contribution in [0.25, 0.3) is 0 Å². The summed E-state index contributed by atoms with van der Waals surface area (Å²) in [6.07, 6.45) is 0. The van der Waals surface area contributed by atoms with Gasteiger partial charge in [0.2, 0.25) is 10.0 Å². The molecule has 5 nitrogen and oxygen atoms in total. The van der Waals surface area contributed by atoms with Crippen LogP contribution in [0.5, 0.6) is 5.75 Å². The van der Waals surface area contributed by atoms with E-state index < -0.39 is 10.0 Å². The maximum Gasteiger partial charge on any atom is 0.234 e. The highest BCUT2D eigenvalue weighted by molar-refractivity contribution is 7.92. The Morgan fingerprint density at radius 2 is 2.00 bits per heavy atom. The molecule has 0 atom stereocenters. The highest BCUT2D eigenvalue weighted by atomic mass is 32.2. The lowest BCUT2D eigenvalue weighted by molar-refractivity contribution is 0.417. The smallest absolute Gasteiger partial charge is 0.234 e. The predicted octanol–water partition coefficient (Wildman–Crippen LogP) is 1.05. The molecule has 6 heteroatoms. The van der Waals surface area contributed by atoms with Crippen molar-refractivity contribution in [1.82, 2.24) is 5.32 Å². The SMILES string of the molecule is CCNCCS(=O)(=O)Nc1ccccc1OC. The van der Waals surface area contributed by atoms with Gasteiger partial charge in [0.1, 0.15) is 5.75 Å². The first-order valence-electron chi connectivity index (χ1n) is 5.43. The lowest BCUT2D eigenvalue weighted by atomic mass is 10.3. The number of rotatable bonds is 7. The third-order valence-corrected chi connectivity index (χ3v) is 3.44. The van der Waals surface area contributed by atoms with Crippen LogP contribution in [-0.4, -0.2) is 34.4 Å². The van der Waals surface area contributed by atoms with Gasteiger partial charge >= 0.3 is 0 Å². The van der Waals surface area contributed by atoms with E-state index in [1.54, 1.807) is 24.3 Å². The molecule has 2 N–H and O–H groups in total. The Bertz CT molecular complexity index is 446. The molecule has 17 heavy (non-hydrogen) atoms. The number of benzene rings is 1. The molecule has 0 saturated carbocycles. The fourth-order valence-corrected chi connectivity index (χ4v) is 2.35. The average Bonchev–Trinajstić information content (AvgIpc) is 2.29. The first-order chi connectivity index (χ1) is 8.09. The summed E-state index contributed by atoms with van der Waals surface area (Å²) in [6.45, 7) is 3.12. The standard InChI is InChI=1S/C11H18N2O3S/c1-3-12-8-9-17(14,15)13-10-6-4-5-7-11(10)16-2/h4-7,12-13H,3,8-9H2,1-2H3. The minimum atomic E-state index is -3.33.